The highest BCUT2D eigenvalue weighted by Gasteiger charge is 2.22. The van der Waals surface area contributed by atoms with Crippen molar-refractivity contribution in [3.8, 4) is 0 Å². The SMILES string of the molecule is CN(C)c1ccc(NC(=O)COC(=O)c2nc(Cl)c(Cl)c(Cl)c2Cl)cc1. The Labute approximate surface area is 169 Å². The van der Waals surface area contributed by atoms with Crippen molar-refractivity contribution in [3.63, 3.8) is 0 Å². The average molecular weight is 437 g/mol. The van der Waals surface area contributed by atoms with Crippen LogP contribution in [-0.4, -0.2) is 37.6 Å². The second-order valence-corrected chi connectivity index (χ2v) is 6.75. The van der Waals surface area contributed by atoms with Crippen molar-refractivity contribution in [1.29, 1.82) is 0 Å². The van der Waals surface area contributed by atoms with E-state index in [2.05, 4.69) is 10.3 Å². The molecule has 0 fully saturated rings. The van der Waals surface area contributed by atoms with Crippen LogP contribution in [0.1, 0.15) is 10.5 Å². The normalized spacial score (nSPS) is 10.4. The standard InChI is InChI=1S/C16H13Cl4N3O3/c1-23(2)9-5-3-8(4-6-9)21-10(24)7-26-16(25)14-12(18)11(17)13(19)15(20)22-14/h3-6H,7H2,1-2H3,(H,21,24). The predicted octanol–water partition coefficient (Wildman–Crippen LogP) is 4.56. The fourth-order valence-electron chi connectivity index (χ4n) is 1.86. The van der Waals surface area contributed by atoms with Gasteiger partial charge in [-0.3, -0.25) is 4.79 Å². The maximum atomic E-state index is 12.0. The molecule has 0 atom stereocenters. The molecule has 26 heavy (non-hydrogen) atoms. The van der Waals surface area contributed by atoms with Gasteiger partial charge in [0.05, 0.1) is 15.1 Å². The molecule has 0 saturated carbocycles. The van der Waals surface area contributed by atoms with E-state index in [9.17, 15) is 9.59 Å². The number of aromatic nitrogens is 1. The molecule has 0 aliphatic heterocycles. The van der Waals surface area contributed by atoms with Gasteiger partial charge >= 0.3 is 5.97 Å². The van der Waals surface area contributed by atoms with Crippen LogP contribution in [0.25, 0.3) is 0 Å². The molecule has 0 radical (unpaired) electrons. The molecule has 1 aromatic heterocycles. The highest BCUT2D eigenvalue weighted by molar-refractivity contribution is 6.52. The van der Waals surface area contributed by atoms with Gasteiger partial charge in [0, 0.05) is 25.5 Å². The number of amides is 1. The van der Waals surface area contributed by atoms with Crippen molar-refractivity contribution in [3.05, 3.63) is 50.2 Å². The molecular weight excluding hydrogens is 424 g/mol. The molecule has 138 valence electrons. The van der Waals surface area contributed by atoms with Gasteiger partial charge in [-0.15, -0.1) is 0 Å². The summed E-state index contributed by atoms with van der Waals surface area (Å²) in [7, 11) is 3.81. The molecule has 6 nitrogen and oxygen atoms in total. The van der Waals surface area contributed by atoms with Crippen LogP contribution in [0.5, 0.6) is 0 Å². The maximum absolute atomic E-state index is 12.0. The lowest BCUT2D eigenvalue weighted by Crippen LogP contribution is -2.21. The number of esters is 1. The Morgan fingerprint density at radius 3 is 2.23 bits per heavy atom. The Bertz CT molecular complexity index is 842. The minimum Gasteiger partial charge on any atom is -0.451 e. The van der Waals surface area contributed by atoms with Gasteiger partial charge in [0.25, 0.3) is 5.91 Å². The summed E-state index contributed by atoms with van der Waals surface area (Å²) in [6.45, 7) is -0.538. The van der Waals surface area contributed by atoms with E-state index in [1.54, 1.807) is 12.1 Å². The van der Waals surface area contributed by atoms with E-state index in [1.165, 1.54) is 0 Å². The number of anilines is 2. The second kappa shape index (κ2) is 8.77. The van der Waals surface area contributed by atoms with Crippen molar-refractivity contribution in [1.82, 2.24) is 4.98 Å². The number of carbonyl (C=O) groups excluding carboxylic acids is 2. The first-order valence-electron chi connectivity index (χ1n) is 7.15. The van der Waals surface area contributed by atoms with Crippen molar-refractivity contribution in [2.45, 2.75) is 0 Å². The number of ether oxygens (including phenoxy) is 1. The molecule has 1 heterocycles. The van der Waals surface area contributed by atoms with E-state index in [0.29, 0.717) is 5.69 Å². The lowest BCUT2D eigenvalue weighted by molar-refractivity contribution is -0.119. The molecule has 0 spiro atoms. The molecule has 1 amide bonds. The van der Waals surface area contributed by atoms with Gasteiger partial charge in [-0.1, -0.05) is 46.4 Å². The highest BCUT2D eigenvalue weighted by atomic mass is 35.5. The molecule has 1 aromatic carbocycles. The zero-order valence-corrected chi connectivity index (χ0v) is 16.7. The zero-order chi connectivity index (χ0) is 19.4. The molecule has 0 aliphatic carbocycles. The summed E-state index contributed by atoms with van der Waals surface area (Å²) in [4.78, 5) is 29.6. The van der Waals surface area contributed by atoms with Crippen LogP contribution in [0.15, 0.2) is 24.3 Å². The molecule has 0 aliphatic rings. The van der Waals surface area contributed by atoms with Gasteiger partial charge in [0.2, 0.25) is 0 Å². The number of nitrogens with zero attached hydrogens (tertiary/aromatic N) is 2. The Hall–Kier alpha value is -1.73. The van der Waals surface area contributed by atoms with Crippen LogP contribution in [-0.2, 0) is 9.53 Å². The zero-order valence-electron chi connectivity index (χ0n) is 13.6. The summed E-state index contributed by atoms with van der Waals surface area (Å²) in [6.07, 6.45) is 0. The summed E-state index contributed by atoms with van der Waals surface area (Å²) < 4.78 is 4.89. The van der Waals surface area contributed by atoms with Gasteiger partial charge < -0.3 is 15.0 Å². The van der Waals surface area contributed by atoms with Crippen LogP contribution in [0.2, 0.25) is 20.2 Å². The van der Waals surface area contributed by atoms with E-state index in [-0.39, 0.29) is 25.9 Å². The number of pyridine rings is 1. The van der Waals surface area contributed by atoms with E-state index in [4.69, 9.17) is 51.1 Å². The molecule has 0 saturated heterocycles. The fraction of sp³-hybridized carbons (Fsp3) is 0.188. The monoisotopic (exact) mass is 435 g/mol. The van der Waals surface area contributed by atoms with E-state index >= 15 is 0 Å². The summed E-state index contributed by atoms with van der Waals surface area (Å²) in [5.74, 6) is -1.48. The topological polar surface area (TPSA) is 71.5 Å². The molecular formula is C16H13Cl4N3O3. The highest BCUT2D eigenvalue weighted by Crippen LogP contribution is 2.36. The van der Waals surface area contributed by atoms with E-state index < -0.39 is 18.5 Å². The number of halogens is 4. The first kappa shape index (κ1) is 20.6. The van der Waals surface area contributed by atoms with Gasteiger partial charge in [0.15, 0.2) is 12.3 Å². The largest absolute Gasteiger partial charge is 0.451 e. The van der Waals surface area contributed by atoms with Crippen molar-refractivity contribution in [2.24, 2.45) is 0 Å². The predicted molar refractivity (Wildman–Crippen MR) is 104 cm³/mol. The quantitative estimate of drug-likeness (QED) is 0.549. The smallest absolute Gasteiger partial charge is 0.359 e. The number of nitrogens with one attached hydrogen (secondary N) is 1. The minimum atomic E-state index is -0.950. The Morgan fingerprint density at radius 1 is 1.04 bits per heavy atom. The number of benzene rings is 1. The maximum Gasteiger partial charge on any atom is 0.359 e. The van der Waals surface area contributed by atoms with Gasteiger partial charge in [0.1, 0.15) is 5.15 Å². The Morgan fingerprint density at radius 2 is 1.65 bits per heavy atom. The number of rotatable bonds is 5. The third-order valence-electron chi connectivity index (χ3n) is 3.18. The molecule has 0 bridgehead atoms. The molecule has 10 heteroatoms. The average Bonchev–Trinajstić information content (AvgIpc) is 2.61. The van der Waals surface area contributed by atoms with Crippen LogP contribution in [0.3, 0.4) is 0 Å². The van der Waals surface area contributed by atoms with Crippen molar-refractivity contribution >= 4 is 69.7 Å². The van der Waals surface area contributed by atoms with Crippen LogP contribution in [0, 0.1) is 0 Å². The number of hydrogen-bond donors (Lipinski definition) is 1. The molecule has 2 aromatic rings. The van der Waals surface area contributed by atoms with Gasteiger partial charge in [-0.25, -0.2) is 9.78 Å². The third-order valence-corrected chi connectivity index (χ3v) is 4.86. The van der Waals surface area contributed by atoms with Crippen LogP contribution >= 0.6 is 46.4 Å². The molecule has 1 N–H and O–H groups in total. The molecule has 0 unspecified atom stereocenters. The van der Waals surface area contributed by atoms with Gasteiger partial charge in [-0.2, -0.15) is 0 Å². The first-order valence-corrected chi connectivity index (χ1v) is 8.66. The number of carbonyl (C=O) groups is 2. The van der Waals surface area contributed by atoms with E-state index in [0.717, 1.165) is 5.69 Å². The lowest BCUT2D eigenvalue weighted by Gasteiger charge is -2.13. The summed E-state index contributed by atoms with van der Waals surface area (Å²) in [5.41, 5.74) is 1.21. The Balaban J connectivity index is 1.98. The summed E-state index contributed by atoms with van der Waals surface area (Å²) in [5, 5.41) is 2.01. The van der Waals surface area contributed by atoms with Gasteiger partial charge in [-0.05, 0) is 24.3 Å². The second-order valence-electron chi connectivity index (χ2n) is 5.26. The van der Waals surface area contributed by atoms with E-state index in [1.807, 2.05) is 31.1 Å². The van der Waals surface area contributed by atoms with Crippen molar-refractivity contribution in [2.75, 3.05) is 30.9 Å². The molecule has 2 rings (SSSR count). The first-order chi connectivity index (χ1) is 12.2. The fourth-order valence-corrected chi connectivity index (χ4v) is 2.67. The van der Waals surface area contributed by atoms with Crippen LogP contribution in [0.4, 0.5) is 11.4 Å². The number of hydrogen-bond acceptors (Lipinski definition) is 5. The van der Waals surface area contributed by atoms with Crippen LogP contribution < -0.4 is 10.2 Å². The minimum absolute atomic E-state index is 0.0752. The Kier molecular flexibility index (Phi) is 6.94. The summed E-state index contributed by atoms with van der Waals surface area (Å²) >= 11 is 23.3. The lowest BCUT2D eigenvalue weighted by atomic mass is 10.2. The third kappa shape index (κ3) is 4.92. The van der Waals surface area contributed by atoms with Crippen molar-refractivity contribution < 1.29 is 14.3 Å². The summed E-state index contributed by atoms with van der Waals surface area (Å²) in [6, 6.07) is 7.13.